The number of piperidine rings is 1. The van der Waals surface area contributed by atoms with Crippen molar-refractivity contribution in [2.75, 3.05) is 31.1 Å². The van der Waals surface area contributed by atoms with Gasteiger partial charge in [0.1, 0.15) is 5.75 Å². The highest BCUT2D eigenvalue weighted by molar-refractivity contribution is 6.00. The van der Waals surface area contributed by atoms with Crippen LogP contribution in [0.4, 0.5) is 5.69 Å². The van der Waals surface area contributed by atoms with Gasteiger partial charge in [0.05, 0.1) is 12.5 Å². The third-order valence-corrected chi connectivity index (χ3v) is 6.03. The third-order valence-electron chi connectivity index (χ3n) is 6.03. The first-order valence-corrected chi connectivity index (χ1v) is 10.7. The van der Waals surface area contributed by atoms with Crippen LogP contribution in [0.2, 0.25) is 0 Å². The summed E-state index contributed by atoms with van der Waals surface area (Å²) in [5.74, 6) is 0.895. The standard InChI is InChI=1S/C22H29N3O4/c1-2-29-19-7-5-18(6-8-19)25-14-16(13-20(25)26)22(28)24-11-9-17(10-12-24)23-21(27)15-3-4-15/h5-8,15-17H,2-4,9-14H2,1H3,(H,23,27). The van der Waals surface area contributed by atoms with Crippen molar-refractivity contribution in [1.29, 1.82) is 0 Å². The summed E-state index contributed by atoms with van der Waals surface area (Å²) >= 11 is 0. The van der Waals surface area contributed by atoms with Crippen molar-refractivity contribution in [2.24, 2.45) is 11.8 Å². The molecule has 29 heavy (non-hydrogen) atoms. The molecule has 1 aromatic carbocycles. The molecule has 3 fully saturated rings. The number of ether oxygens (including phenoxy) is 1. The van der Waals surface area contributed by atoms with E-state index in [1.165, 1.54) is 0 Å². The largest absolute Gasteiger partial charge is 0.494 e. The average Bonchev–Trinajstić information content (AvgIpc) is 3.51. The summed E-state index contributed by atoms with van der Waals surface area (Å²) in [6.07, 6.45) is 3.83. The molecule has 7 nitrogen and oxygen atoms in total. The molecular formula is C22H29N3O4. The third kappa shape index (κ3) is 4.54. The van der Waals surface area contributed by atoms with Gasteiger partial charge in [0.15, 0.2) is 0 Å². The normalized spacial score (nSPS) is 22.7. The fourth-order valence-corrected chi connectivity index (χ4v) is 4.18. The lowest BCUT2D eigenvalue weighted by Crippen LogP contribution is -2.48. The van der Waals surface area contributed by atoms with E-state index in [0.29, 0.717) is 26.2 Å². The number of hydrogen-bond acceptors (Lipinski definition) is 4. The van der Waals surface area contributed by atoms with Crippen LogP contribution in [0.5, 0.6) is 5.75 Å². The van der Waals surface area contributed by atoms with E-state index in [1.807, 2.05) is 36.1 Å². The maximum absolute atomic E-state index is 12.9. The minimum absolute atomic E-state index is 0.0147. The minimum Gasteiger partial charge on any atom is -0.494 e. The number of likely N-dealkylation sites (tertiary alicyclic amines) is 1. The predicted molar refractivity (Wildman–Crippen MR) is 109 cm³/mol. The SMILES string of the molecule is CCOc1ccc(N2CC(C(=O)N3CCC(NC(=O)C4CC4)CC3)CC2=O)cc1. The summed E-state index contributed by atoms with van der Waals surface area (Å²) in [7, 11) is 0. The molecule has 156 valence electrons. The molecule has 1 N–H and O–H groups in total. The molecule has 1 unspecified atom stereocenters. The number of nitrogens with one attached hydrogen (secondary N) is 1. The first-order chi connectivity index (χ1) is 14.0. The van der Waals surface area contributed by atoms with Crippen LogP contribution < -0.4 is 15.0 Å². The summed E-state index contributed by atoms with van der Waals surface area (Å²) in [5.41, 5.74) is 0.801. The lowest BCUT2D eigenvalue weighted by molar-refractivity contribution is -0.137. The summed E-state index contributed by atoms with van der Waals surface area (Å²) in [6.45, 7) is 4.23. The highest BCUT2D eigenvalue weighted by Crippen LogP contribution is 2.30. The number of nitrogens with zero attached hydrogens (tertiary/aromatic N) is 2. The van der Waals surface area contributed by atoms with Gasteiger partial charge in [-0.25, -0.2) is 0 Å². The summed E-state index contributed by atoms with van der Waals surface area (Å²) in [5, 5.41) is 3.11. The van der Waals surface area contributed by atoms with Gasteiger partial charge in [0.2, 0.25) is 17.7 Å². The molecule has 3 aliphatic rings. The number of anilines is 1. The molecule has 1 saturated carbocycles. The molecule has 4 rings (SSSR count). The molecule has 0 bridgehead atoms. The molecular weight excluding hydrogens is 370 g/mol. The Morgan fingerprint density at radius 2 is 1.76 bits per heavy atom. The maximum Gasteiger partial charge on any atom is 0.228 e. The first-order valence-electron chi connectivity index (χ1n) is 10.7. The van der Waals surface area contributed by atoms with Crippen molar-refractivity contribution in [3.8, 4) is 5.75 Å². The van der Waals surface area contributed by atoms with E-state index in [4.69, 9.17) is 4.74 Å². The number of hydrogen-bond donors (Lipinski definition) is 1. The zero-order valence-electron chi connectivity index (χ0n) is 16.9. The first kappa shape index (κ1) is 19.7. The van der Waals surface area contributed by atoms with Crippen molar-refractivity contribution in [3.05, 3.63) is 24.3 Å². The summed E-state index contributed by atoms with van der Waals surface area (Å²) < 4.78 is 5.45. The van der Waals surface area contributed by atoms with E-state index in [0.717, 1.165) is 37.1 Å². The van der Waals surface area contributed by atoms with Crippen molar-refractivity contribution < 1.29 is 19.1 Å². The van der Waals surface area contributed by atoms with Gasteiger partial charge in [0, 0.05) is 43.7 Å². The molecule has 1 aromatic rings. The highest BCUT2D eigenvalue weighted by atomic mass is 16.5. The second-order valence-electron chi connectivity index (χ2n) is 8.21. The number of rotatable bonds is 6. The van der Waals surface area contributed by atoms with Crippen molar-refractivity contribution in [3.63, 3.8) is 0 Å². The molecule has 1 aliphatic carbocycles. The number of carbonyl (C=O) groups is 3. The van der Waals surface area contributed by atoms with Crippen molar-refractivity contribution in [2.45, 2.75) is 45.1 Å². The van der Waals surface area contributed by atoms with Crippen molar-refractivity contribution >= 4 is 23.4 Å². The Morgan fingerprint density at radius 3 is 2.38 bits per heavy atom. The number of amides is 3. The number of benzene rings is 1. The van der Waals surface area contributed by atoms with E-state index >= 15 is 0 Å². The van der Waals surface area contributed by atoms with Crippen LogP contribution in [0.3, 0.4) is 0 Å². The smallest absolute Gasteiger partial charge is 0.228 e. The monoisotopic (exact) mass is 399 g/mol. The topological polar surface area (TPSA) is 79.0 Å². The van der Waals surface area contributed by atoms with Gasteiger partial charge in [-0.2, -0.15) is 0 Å². The van der Waals surface area contributed by atoms with Gasteiger partial charge in [-0.1, -0.05) is 0 Å². The Morgan fingerprint density at radius 1 is 1.07 bits per heavy atom. The molecule has 0 spiro atoms. The molecule has 2 saturated heterocycles. The van der Waals surface area contributed by atoms with E-state index in [1.54, 1.807) is 4.90 Å². The van der Waals surface area contributed by atoms with E-state index in [2.05, 4.69) is 5.32 Å². The van der Waals surface area contributed by atoms with E-state index < -0.39 is 0 Å². The van der Waals surface area contributed by atoms with Gasteiger partial charge in [-0.3, -0.25) is 14.4 Å². The van der Waals surface area contributed by atoms with Gasteiger partial charge < -0.3 is 19.9 Å². The van der Waals surface area contributed by atoms with Crippen LogP contribution in [0.25, 0.3) is 0 Å². The van der Waals surface area contributed by atoms with Gasteiger partial charge in [-0.05, 0) is 56.9 Å². The van der Waals surface area contributed by atoms with Crippen LogP contribution in [0, 0.1) is 11.8 Å². The zero-order chi connectivity index (χ0) is 20.4. The second kappa shape index (κ2) is 8.43. The van der Waals surface area contributed by atoms with Gasteiger partial charge in [-0.15, -0.1) is 0 Å². The van der Waals surface area contributed by atoms with Gasteiger partial charge >= 0.3 is 0 Å². The lowest BCUT2D eigenvalue weighted by Gasteiger charge is -2.33. The molecule has 3 amide bonds. The number of carbonyl (C=O) groups excluding carboxylic acids is 3. The Balaban J connectivity index is 1.29. The van der Waals surface area contributed by atoms with Crippen LogP contribution >= 0.6 is 0 Å². The second-order valence-corrected chi connectivity index (χ2v) is 8.21. The van der Waals surface area contributed by atoms with Gasteiger partial charge in [0.25, 0.3) is 0 Å². The molecule has 2 aliphatic heterocycles. The Hall–Kier alpha value is -2.57. The predicted octanol–water partition coefficient (Wildman–Crippen LogP) is 1.96. The van der Waals surface area contributed by atoms with Crippen LogP contribution in [-0.4, -0.2) is 54.9 Å². The van der Waals surface area contributed by atoms with Crippen molar-refractivity contribution in [1.82, 2.24) is 10.2 Å². The summed E-state index contributed by atoms with van der Waals surface area (Å²) in [4.78, 5) is 40.9. The quantitative estimate of drug-likeness (QED) is 0.793. The van der Waals surface area contributed by atoms with Crippen LogP contribution in [0.1, 0.15) is 39.0 Å². The molecule has 2 heterocycles. The Kier molecular flexibility index (Phi) is 5.74. The molecule has 1 atom stereocenters. The molecule has 0 radical (unpaired) electrons. The average molecular weight is 399 g/mol. The van der Waals surface area contributed by atoms with Crippen LogP contribution in [0.15, 0.2) is 24.3 Å². The lowest BCUT2D eigenvalue weighted by atomic mass is 10.0. The van der Waals surface area contributed by atoms with E-state index in [-0.39, 0.29) is 42.0 Å². The maximum atomic E-state index is 12.9. The van der Waals surface area contributed by atoms with E-state index in [9.17, 15) is 14.4 Å². The minimum atomic E-state index is -0.299. The highest BCUT2D eigenvalue weighted by Gasteiger charge is 2.38. The zero-order valence-corrected chi connectivity index (χ0v) is 16.9. The van der Waals surface area contributed by atoms with Crippen LogP contribution in [-0.2, 0) is 14.4 Å². The fourth-order valence-electron chi connectivity index (χ4n) is 4.18. The Bertz CT molecular complexity index is 767. The Labute approximate surface area is 171 Å². The summed E-state index contributed by atoms with van der Waals surface area (Å²) in [6, 6.07) is 7.59. The molecule has 0 aromatic heterocycles. The molecule has 7 heteroatoms. The fraction of sp³-hybridized carbons (Fsp3) is 0.591.